The van der Waals surface area contributed by atoms with Crippen LogP contribution in [0.4, 0.5) is 0 Å². The third kappa shape index (κ3) is 3.75. The van der Waals surface area contributed by atoms with Gasteiger partial charge in [-0.2, -0.15) is 0 Å². The molecule has 2 heterocycles. The molecule has 1 saturated heterocycles. The maximum absolute atomic E-state index is 4.61. The van der Waals surface area contributed by atoms with E-state index in [1.807, 2.05) is 12.3 Å². The van der Waals surface area contributed by atoms with Gasteiger partial charge in [0.05, 0.1) is 0 Å². The highest BCUT2D eigenvalue weighted by Crippen LogP contribution is 2.05. The number of piperazine rings is 1. The van der Waals surface area contributed by atoms with Crippen LogP contribution in [0.1, 0.15) is 24.9 Å². The topological polar surface area (TPSA) is 41.1 Å². The molecule has 94 valence electrons. The van der Waals surface area contributed by atoms with Crippen molar-refractivity contribution in [2.24, 2.45) is 0 Å². The molecule has 1 atom stereocenters. The van der Waals surface area contributed by atoms with E-state index in [4.69, 9.17) is 0 Å². The fourth-order valence-electron chi connectivity index (χ4n) is 2.28. The lowest BCUT2D eigenvalue weighted by Gasteiger charge is -2.30. The average Bonchev–Trinajstić information content (AvgIpc) is 2.30. The second kappa shape index (κ2) is 6.07. The smallest absolute Gasteiger partial charge is 0.130 e. The summed E-state index contributed by atoms with van der Waals surface area (Å²) in [5.41, 5.74) is 1.17. The predicted molar refractivity (Wildman–Crippen MR) is 69.0 cm³/mol. The fourth-order valence-corrected chi connectivity index (χ4v) is 2.28. The summed E-state index contributed by atoms with van der Waals surface area (Å²) >= 11 is 0. The van der Waals surface area contributed by atoms with Crippen LogP contribution in [-0.4, -0.2) is 47.6 Å². The molecule has 0 aromatic carbocycles. The molecule has 1 aromatic heterocycles. The molecule has 0 bridgehead atoms. The van der Waals surface area contributed by atoms with E-state index in [9.17, 15) is 0 Å². The lowest BCUT2D eigenvalue weighted by molar-refractivity contribution is 0.236. The van der Waals surface area contributed by atoms with Gasteiger partial charge in [0.25, 0.3) is 0 Å². The number of rotatable bonds is 4. The van der Waals surface area contributed by atoms with Gasteiger partial charge in [-0.15, -0.1) is 0 Å². The van der Waals surface area contributed by atoms with Gasteiger partial charge in [0, 0.05) is 44.0 Å². The number of nitrogens with one attached hydrogen (secondary N) is 1. The molecule has 0 amide bonds. The number of hydrogen-bond acceptors (Lipinski definition) is 4. The summed E-state index contributed by atoms with van der Waals surface area (Å²) in [4.78, 5) is 11.3. The third-order valence-corrected chi connectivity index (χ3v) is 3.16. The Bertz CT molecular complexity index is 353. The van der Waals surface area contributed by atoms with Crippen molar-refractivity contribution in [2.45, 2.75) is 32.2 Å². The molecule has 0 radical (unpaired) electrons. The molecule has 1 unspecified atom stereocenters. The molecular formula is C13H22N4. The molecule has 0 spiro atoms. The van der Waals surface area contributed by atoms with Gasteiger partial charge >= 0.3 is 0 Å². The first-order valence-corrected chi connectivity index (χ1v) is 6.50. The Morgan fingerprint density at radius 3 is 3.18 bits per heavy atom. The van der Waals surface area contributed by atoms with Crippen LogP contribution in [0.3, 0.4) is 0 Å². The summed E-state index contributed by atoms with van der Waals surface area (Å²) in [5, 5.41) is 3.53. The van der Waals surface area contributed by atoms with Crippen molar-refractivity contribution in [3.05, 3.63) is 23.8 Å². The van der Waals surface area contributed by atoms with Gasteiger partial charge < -0.3 is 10.2 Å². The Morgan fingerprint density at radius 2 is 2.41 bits per heavy atom. The van der Waals surface area contributed by atoms with Gasteiger partial charge in [-0.25, -0.2) is 9.97 Å². The second-order valence-corrected chi connectivity index (χ2v) is 4.83. The zero-order valence-corrected chi connectivity index (χ0v) is 10.8. The molecule has 17 heavy (non-hydrogen) atoms. The maximum Gasteiger partial charge on any atom is 0.130 e. The molecule has 1 N–H and O–H groups in total. The monoisotopic (exact) mass is 234 g/mol. The lowest BCUT2D eigenvalue weighted by atomic mass is 10.1. The van der Waals surface area contributed by atoms with E-state index < -0.39 is 0 Å². The highest BCUT2D eigenvalue weighted by atomic mass is 15.2. The van der Waals surface area contributed by atoms with E-state index in [1.165, 1.54) is 5.69 Å². The van der Waals surface area contributed by atoms with E-state index in [-0.39, 0.29) is 0 Å². The quantitative estimate of drug-likeness (QED) is 0.839. The summed E-state index contributed by atoms with van der Waals surface area (Å²) in [6.07, 6.45) is 5.01. The molecule has 2 rings (SSSR count). The Balaban J connectivity index is 1.95. The summed E-state index contributed by atoms with van der Waals surface area (Å²) in [6.45, 7) is 5.46. The predicted octanol–water partition coefficient (Wildman–Crippen LogP) is 0.875. The third-order valence-electron chi connectivity index (χ3n) is 3.16. The van der Waals surface area contributed by atoms with Crippen LogP contribution in [0.15, 0.2) is 12.3 Å². The van der Waals surface area contributed by atoms with Gasteiger partial charge in [-0.3, -0.25) is 0 Å². The first kappa shape index (κ1) is 12.5. The molecule has 1 aromatic rings. The maximum atomic E-state index is 4.61. The van der Waals surface area contributed by atoms with Crippen molar-refractivity contribution in [1.82, 2.24) is 20.2 Å². The van der Waals surface area contributed by atoms with Crippen LogP contribution in [-0.2, 0) is 12.8 Å². The summed E-state index contributed by atoms with van der Waals surface area (Å²) in [6, 6.07) is 2.51. The molecule has 1 aliphatic rings. The van der Waals surface area contributed by atoms with Gasteiger partial charge in [-0.1, -0.05) is 13.3 Å². The number of aromatic nitrogens is 2. The van der Waals surface area contributed by atoms with Gasteiger partial charge in [-0.05, 0) is 19.5 Å². The van der Waals surface area contributed by atoms with E-state index in [1.54, 1.807) is 0 Å². The summed E-state index contributed by atoms with van der Waals surface area (Å²) in [5.74, 6) is 0.976. The minimum Gasteiger partial charge on any atom is -0.311 e. The summed E-state index contributed by atoms with van der Waals surface area (Å²) in [7, 11) is 2.17. The van der Waals surface area contributed by atoms with Crippen molar-refractivity contribution in [1.29, 1.82) is 0 Å². The van der Waals surface area contributed by atoms with Crippen LogP contribution in [0.2, 0.25) is 0 Å². The van der Waals surface area contributed by atoms with Crippen molar-refractivity contribution in [2.75, 3.05) is 26.7 Å². The Morgan fingerprint density at radius 1 is 1.53 bits per heavy atom. The standard InChI is InChI=1S/C13H22N4/c1-3-4-11-5-6-15-13(16-11)9-12-10-17(2)8-7-14-12/h5-6,12,14H,3-4,7-10H2,1-2H3. The van der Waals surface area contributed by atoms with Gasteiger partial charge in [0.15, 0.2) is 0 Å². The van der Waals surface area contributed by atoms with Crippen LogP contribution in [0, 0.1) is 0 Å². The minimum atomic E-state index is 0.491. The zero-order chi connectivity index (χ0) is 12.1. The highest BCUT2D eigenvalue weighted by Gasteiger charge is 2.17. The average molecular weight is 234 g/mol. The number of aryl methyl sites for hydroxylation is 1. The molecule has 0 aliphatic carbocycles. The molecule has 0 saturated carbocycles. The second-order valence-electron chi connectivity index (χ2n) is 4.83. The van der Waals surface area contributed by atoms with Gasteiger partial charge in [0.1, 0.15) is 5.82 Å². The van der Waals surface area contributed by atoms with Crippen molar-refractivity contribution < 1.29 is 0 Å². The van der Waals surface area contributed by atoms with Crippen LogP contribution in [0.5, 0.6) is 0 Å². The molecule has 1 aliphatic heterocycles. The van der Waals surface area contributed by atoms with E-state index in [0.717, 1.165) is 44.7 Å². The number of nitrogens with zero attached hydrogens (tertiary/aromatic N) is 3. The molecule has 4 heteroatoms. The summed E-state index contributed by atoms with van der Waals surface area (Å²) < 4.78 is 0. The number of likely N-dealkylation sites (N-methyl/N-ethyl adjacent to an activating group) is 1. The van der Waals surface area contributed by atoms with Crippen LogP contribution in [0.25, 0.3) is 0 Å². The Kier molecular flexibility index (Phi) is 4.45. The molecule has 1 fully saturated rings. The fraction of sp³-hybridized carbons (Fsp3) is 0.692. The minimum absolute atomic E-state index is 0.491. The van der Waals surface area contributed by atoms with Crippen LogP contribution < -0.4 is 5.32 Å². The van der Waals surface area contributed by atoms with E-state index in [2.05, 4.69) is 34.2 Å². The SMILES string of the molecule is CCCc1ccnc(CC2CN(C)CCN2)n1. The molecule has 4 nitrogen and oxygen atoms in total. The van der Waals surface area contributed by atoms with Crippen molar-refractivity contribution in [3.8, 4) is 0 Å². The molecular weight excluding hydrogens is 212 g/mol. The Hall–Kier alpha value is -1.00. The van der Waals surface area contributed by atoms with E-state index in [0.29, 0.717) is 6.04 Å². The van der Waals surface area contributed by atoms with E-state index >= 15 is 0 Å². The first-order chi connectivity index (χ1) is 8.28. The highest BCUT2D eigenvalue weighted by molar-refractivity contribution is 5.04. The lowest BCUT2D eigenvalue weighted by Crippen LogP contribution is -2.50. The van der Waals surface area contributed by atoms with Crippen LogP contribution >= 0.6 is 0 Å². The number of hydrogen-bond donors (Lipinski definition) is 1. The van der Waals surface area contributed by atoms with Crippen molar-refractivity contribution >= 4 is 0 Å². The largest absolute Gasteiger partial charge is 0.311 e. The Labute approximate surface area is 103 Å². The first-order valence-electron chi connectivity index (χ1n) is 6.50. The normalized spacial score (nSPS) is 21.6. The van der Waals surface area contributed by atoms with Crippen molar-refractivity contribution in [3.63, 3.8) is 0 Å². The van der Waals surface area contributed by atoms with Gasteiger partial charge in [0.2, 0.25) is 0 Å². The zero-order valence-electron chi connectivity index (χ0n) is 10.8.